The Morgan fingerprint density at radius 2 is 1.90 bits per heavy atom. The van der Waals surface area contributed by atoms with Crippen molar-refractivity contribution in [3.05, 3.63) is 65.7 Å². The SMILES string of the molecule is COc1cccc(C[NH+](C)CC(=O)NN2C(=O)N[C@@](C)(c3ccccc3)C2=O)c1. The summed E-state index contributed by atoms with van der Waals surface area (Å²) in [7, 11) is 3.46. The topological polar surface area (TPSA) is 92.2 Å². The Morgan fingerprint density at radius 1 is 1.17 bits per heavy atom. The number of carbonyl (C=O) groups excluding carboxylic acids is 3. The van der Waals surface area contributed by atoms with Crippen molar-refractivity contribution in [1.82, 2.24) is 15.8 Å². The van der Waals surface area contributed by atoms with Crippen LogP contribution < -0.4 is 20.4 Å². The summed E-state index contributed by atoms with van der Waals surface area (Å²) < 4.78 is 5.21. The smallest absolute Gasteiger partial charge is 0.344 e. The lowest BCUT2D eigenvalue weighted by Crippen LogP contribution is -3.09. The minimum atomic E-state index is -1.22. The number of benzene rings is 2. The predicted octanol–water partition coefficient (Wildman–Crippen LogP) is 0.208. The molecule has 0 bridgehead atoms. The summed E-state index contributed by atoms with van der Waals surface area (Å²) >= 11 is 0. The van der Waals surface area contributed by atoms with Gasteiger partial charge in [0.25, 0.3) is 11.8 Å². The number of nitrogens with one attached hydrogen (secondary N) is 3. The number of hydrazine groups is 1. The Balaban J connectivity index is 1.61. The molecular formula is C21H25N4O4+. The number of rotatable bonds is 7. The maximum absolute atomic E-state index is 12.8. The molecular weight excluding hydrogens is 372 g/mol. The minimum Gasteiger partial charge on any atom is -0.497 e. The van der Waals surface area contributed by atoms with Gasteiger partial charge in [0.2, 0.25) is 0 Å². The van der Waals surface area contributed by atoms with Crippen molar-refractivity contribution in [3.8, 4) is 5.75 Å². The van der Waals surface area contributed by atoms with E-state index in [0.717, 1.165) is 21.2 Å². The predicted molar refractivity (Wildman–Crippen MR) is 106 cm³/mol. The highest BCUT2D eigenvalue weighted by molar-refractivity contribution is 6.08. The summed E-state index contributed by atoms with van der Waals surface area (Å²) in [6.45, 7) is 2.30. The molecule has 2 aromatic carbocycles. The Morgan fingerprint density at radius 3 is 2.59 bits per heavy atom. The number of quaternary nitrogens is 1. The summed E-state index contributed by atoms with van der Waals surface area (Å²) in [5.74, 6) is -0.196. The van der Waals surface area contributed by atoms with Crippen LogP contribution in [0, 0.1) is 0 Å². The van der Waals surface area contributed by atoms with E-state index in [1.165, 1.54) is 0 Å². The molecule has 2 atom stereocenters. The highest BCUT2D eigenvalue weighted by Crippen LogP contribution is 2.27. The summed E-state index contributed by atoms with van der Waals surface area (Å²) in [4.78, 5) is 38.5. The van der Waals surface area contributed by atoms with Crippen LogP contribution in [-0.2, 0) is 21.7 Å². The molecule has 1 aliphatic rings. The lowest BCUT2D eigenvalue weighted by atomic mass is 9.92. The first-order valence-electron chi connectivity index (χ1n) is 9.29. The summed E-state index contributed by atoms with van der Waals surface area (Å²) in [5.41, 5.74) is 2.88. The van der Waals surface area contributed by atoms with Crippen molar-refractivity contribution < 1.29 is 24.0 Å². The first-order chi connectivity index (χ1) is 13.8. The Hall–Kier alpha value is -3.39. The summed E-state index contributed by atoms with van der Waals surface area (Å²) in [6.07, 6.45) is 0. The third-order valence-electron chi connectivity index (χ3n) is 4.88. The van der Waals surface area contributed by atoms with Crippen molar-refractivity contribution in [2.45, 2.75) is 19.0 Å². The molecule has 1 aliphatic heterocycles. The zero-order valence-electron chi connectivity index (χ0n) is 16.7. The largest absolute Gasteiger partial charge is 0.497 e. The molecule has 1 heterocycles. The molecule has 1 unspecified atom stereocenters. The van der Waals surface area contributed by atoms with Gasteiger partial charge in [0.05, 0.1) is 14.2 Å². The van der Waals surface area contributed by atoms with Gasteiger partial charge in [-0.2, -0.15) is 5.01 Å². The molecule has 2 aromatic rings. The normalized spacial score (nSPS) is 19.6. The molecule has 8 heteroatoms. The lowest BCUT2D eigenvalue weighted by Gasteiger charge is -2.22. The molecule has 1 saturated heterocycles. The van der Waals surface area contributed by atoms with Gasteiger partial charge in [0.15, 0.2) is 6.54 Å². The van der Waals surface area contributed by atoms with Gasteiger partial charge in [-0.3, -0.25) is 15.0 Å². The van der Waals surface area contributed by atoms with Crippen LogP contribution in [0.4, 0.5) is 4.79 Å². The Labute approximate surface area is 169 Å². The second-order valence-electron chi connectivity index (χ2n) is 7.26. The molecule has 0 spiro atoms. The van der Waals surface area contributed by atoms with Crippen LogP contribution in [0.2, 0.25) is 0 Å². The van der Waals surface area contributed by atoms with Crippen molar-refractivity contribution in [3.63, 3.8) is 0 Å². The fourth-order valence-electron chi connectivity index (χ4n) is 3.34. The Kier molecular flexibility index (Phi) is 5.84. The number of ether oxygens (including phenoxy) is 1. The lowest BCUT2D eigenvalue weighted by molar-refractivity contribution is -0.885. The number of amides is 4. The molecule has 4 amide bonds. The summed E-state index contributed by atoms with van der Waals surface area (Å²) in [5, 5.41) is 3.42. The fraction of sp³-hybridized carbons (Fsp3) is 0.286. The van der Waals surface area contributed by atoms with Gasteiger partial charge in [-0.1, -0.05) is 42.5 Å². The van der Waals surface area contributed by atoms with E-state index in [9.17, 15) is 14.4 Å². The molecule has 29 heavy (non-hydrogen) atoms. The van der Waals surface area contributed by atoms with E-state index in [4.69, 9.17) is 4.74 Å². The minimum absolute atomic E-state index is 0.0936. The highest BCUT2D eigenvalue weighted by Gasteiger charge is 2.50. The number of likely N-dealkylation sites (N-methyl/N-ethyl adjacent to an activating group) is 1. The van der Waals surface area contributed by atoms with Crippen molar-refractivity contribution in [2.24, 2.45) is 0 Å². The number of urea groups is 1. The fourth-order valence-corrected chi connectivity index (χ4v) is 3.34. The molecule has 0 radical (unpaired) electrons. The average molecular weight is 397 g/mol. The van der Waals surface area contributed by atoms with Gasteiger partial charge in [-0.25, -0.2) is 4.79 Å². The third kappa shape index (κ3) is 4.38. The van der Waals surface area contributed by atoms with Gasteiger partial charge in [0.1, 0.15) is 17.8 Å². The van der Waals surface area contributed by atoms with Crippen LogP contribution >= 0.6 is 0 Å². The van der Waals surface area contributed by atoms with Gasteiger partial charge < -0.3 is 15.0 Å². The molecule has 0 aliphatic carbocycles. The first-order valence-corrected chi connectivity index (χ1v) is 9.29. The standard InChI is InChI=1S/C21H24N4O4/c1-21(16-9-5-4-6-10-16)19(27)25(20(28)22-21)23-18(26)14-24(2)13-15-8-7-11-17(12-15)29-3/h4-12H,13-14H2,1-3H3,(H,22,28)(H,23,26)/p+1/t21-/m0/s1. The number of nitrogens with zero attached hydrogens (tertiary/aromatic N) is 1. The third-order valence-corrected chi connectivity index (χ3v) is 4.88. The highest BCUT2D eigenvalue weighted by atomic mass is 16.5. The average Bonchev–Trinajstić information content (AvgIpc) is 2.92. The molecule has 8 nitrogen and oxygen atoms in total. The number of methoxy groups -OCH3 is 1. The zero-order chi connectivity index (χ0) is 21.0. The van der Waals surface area contributed by atoms with Crippen molar-refractivity contribution in [2.75, 3.05) is 20.7 Å². The molecule has 3 N–H and O–H groups in total. The maximum atomic E-state index is 12.8. The van der Waals surface area contributed by atoms with Crippen LogP contribution in [0.25, 0.3) is 0 Å². The molecule has 152 valence electrons. The van der Waals surface area contributed by atoms with Crippen LogP contribution in [0.15, 0.2) is 54.6 Å². The number of hydrogen-bond acceptors (Lipinski definition) is 4. The Bertz CT molecular complexity index is 918. The van der Waals surface area contributed by atoms with Gasteiger partial charge in [-0.15, -0.1) is 0 Å². The first kappa shape index (κ1) is 20.3. The van der Waals surface area contributed by atoms with Crippen molar-refractivity contribution in [1.29, 1.82) is 0 Å². The van der Waals surface area contributed by atoms with E-state index >= 15 is 0 Å². The maximum Gasteiger partial charge on any atom is 0.344 e. The molecule has 0 aromatic heterocycles. The van der Waals surface area contributed by atoms with E-state index in [1.807, 2.05) is 37.4 Å². The molecule has 3 rings (SSSR count). The number of carbonyl (C=O) groups is 3. The van der Waals surface area contributed by atoms with E-state index in [-0.39, 0.29) is 6.54 Å². The molecule has 1 fully saturated rings. The van der Waals surface area contributed by atoms with Gasteiger partial charge in [-0.05, 0) is 24.6 Å². The van der Waals surface area contributed by atoms with Crippen LogP contribution in [0.5, 0.6) is 5.75 Å². The van der Waals surface area contributed by atoms with Crippen LogP contribution in [0.1, 0.15) is 18.1 Å². The number of hydrogen-bond donors (Lipinski definition) is 3. The van der Waals surface area contributed by atoms with E-state index in [1.54, 1.807) is 38.3 Å². The number of imide groups is 1. The zero-order valence-corrected chi connectivity index (χ0v) is 16.7. The monoisotopic (exact) mass is 397 g/mol. The van der Waals surface area contributed by atoms with Crippen molar-refractivity contribution >= 4 is 17.8 Å². The van der Waals surface area contributed by atoms with Gasteiger partial charge >= 0.3 is 6.03 Å². The van der Waals surface area contributed by atoms with E-state index < -0.39 is 23.4 Å². The second kappa shape index (κ2) is 8.32. The van der Waals surface area contributed by atoms with Crippen LogP contribution in [0.3, 0.4) is 0 Å². The van der Waals surface area contributed by atoms with Gasteiger partial charge in [0, 0.05) is 5.56 Å². The van der Waals surface area contributed by atoms with E-state index in [2.05, 4.69) is 10.7 Å². The quantitative estimate of drug-likeness (QED) is 0.583. The molecule has 0 saturated carbocycles. The van der Waals surface area contributed by atoms with E-state index in [0.29, 0.717) is 12.1 Å². The summed E-state index contributed by atoms with van der Waals surface area (Å²) in [6, 6.07) is 15.9. The van der Waals surface area contributed by atoms with Crippen LogP contribution in [-0.4, -0.2) is 43.6 Å². The second-order valence-corrected chi connectivity index (χ2v) is 7.26.